The van der Waals surface area contributed by atoms with Crippen molar-refractivity contribution in [3.8, 4) is 11.5 Å². The molecule has 1 aromatic carbocycles. The number of rotatable bonds is 8. The van der Waals surface area contributed by atoms with E-state index in [2.05, 4.69) is 11.8 Å². The van der Waals surface area contributed by atoms with Crippen LogP contribution >= 0.6 is 0 Å². The molecule has 156 valence electrons. The molecule has 0 aliphatic heterocycles. The zero-order valence-electron chi connectivity index (χ0n) is 18.1. The highest BCUT2D eigenvalue weighted by Gasteiger charge is 2.23. The predicted molar refractivity (Wildman–Crippen MR) is 111 cm³/mol. The molecule has 1 aromatic rings. The van der Waals surface area contributed by atoms with Crippen molar-refractivity contribution in [3.63, 3.8) is 0 Å². The fraction of sp³-hybridized carbons (Fsp3) is 0.652. The van der Waals surface area contributed by atoms with Crippen molar-refractivity contribution < 1.29 is 19.1 Å². The van der Waals surface area contributed by atoms with E-state index in [1.54, 1.807) is 0 Å². The van der Waals surface area contributed by atoms with Crippen molar-refractivity contribution in [2.24, 2.45) is 0 Å². The van der Waals surface area contributed by atoms with Gasteiger partial charge in [0.05, 0.1) is 6.61 Å². The fourth-order valence-corrected chi connectivity index (χ4v) is 4.05. The molecule has 28 heavy (non-hydrogen) atoms. The van der Waals surface area contributed by atoms with Gasteiger partial charge in [-0.2, -0.15) is 0 Å². The third kappa shape index (κ3) is 5.73. The normalized spacial score (nSPS) is 14.6. The van der Waals surface area contributed by atoms with E-state index in [0.29, 0.717) is 31.2 Å². The third-order valence-corrected chi connectivity index (χ3v) is 5.69. The largest absolute Gasteiger partial charge is 0.493 e. The Morgan fingerprint density at radius 2 is 1.79 bits per heavy atom. The summed E-state index contributed by atoms with van der Waals surface area (Å²) in [7, 11) is 0. The van der Waals surface area contributed by atoms with Crippen LogP contribution in [-0.4, -0.2) is 36.0 Å². The Kier molecular flexibility index (Phi) is 8.34. The number of hydrogen-bond donors (Lipinski definition) is 0. The van der Waals surface area contributed by atoms with Crippen LogP contribution in [0.5, 0.6) is 11.5 Å². The van der Waals surface area contributed by atoms with Gasteiger partial charge < -0.3 is 14.4 Å². The number of esters is 1. The van der Waals surface area contributed by atoms with Gasteiger partial charge in [-0.1, -0.05) is 19.3 Å². The zero-order valence-corrected chi connectivity index (χ0v) is 18.1. The van der Waals surface area contributed by atoms with E-state index in [1.807, 2.05) is 26.8 Å². The molecule has 0 radical (unpaired) electrons. The summed E-state index contributed by atoms with van der Waals surface area (Å²) in [5.74, 6) is 1.32. The molecule has 0 saturated heterocycles. The standard InChI is InChI=1S/C23H35NO4/c1-6-24(20-11-8-7-9-12-20)22(26)13-10-14-27-21-15-16(2)23(28-19(5)25)18(4)17(21)3/h15,20H,6-14H2,1-5H3. The smallest absolute Gasteiger partial charge is 0.308 e. The van der Waals surface area contributed by atoms with Gasteiger partial charge >= 0.3 is 5.97 Å². The number of nitrogens with zero attached hydrogens (tertiary/aromatic N) is 1. The molecule has 1 amide bonds. The zero-order chi connectivity index (χ0) is 20.7. The minimum atomic E-state index is -0.323. The van der Waals surface area contributed by atoms with Gasteiger partial charge in [0.2, 0.25) is 5.91 Å². The fourth-order valence-electron chi connectivity index (χ4n) is 4.05. The molecule has 5 nitrogen and oxygen atoms in total. The Morgan fingerprint density at radius 3 is 2.39 bits per heavy atom. The van der Waals surface area contributed by atoms with Gasteiger partial charge in [0.1, 0.15) is 11.5 Å². The third-order valence-electron chi connectivity index (χ3n) is 5.69. The number of carbonyl (C=O) groups is 2. The second kappa shape index (κ2) is 10.5. The van der Waals surface area contributed by atoms with Crippen LogP contribution < -0.4 is 9.47 Å². The van der Waals surface area contributed by atoms with Crippen LogP contribution in [0.15, 0.2) is 6.07 Å². The van der Waals surface area contributed by atoms with E-state index in [1.165, 1.54) is 26.2 Å². The first-order chi connectivity index (χ1) is 13.3. The van der Waals surface area contributed by atoms with Gasteiger partial charge in [0.25, 0.3) is 0 Å². The van der Waals surface area contributed by atoms with Crippen molar-refractivity contribution in [3.05, 3.63) is 22.8 Å². The highest BCUT2D eigenvalue weighted by molar-refractivity contribution is 5.76. The van der Waals surface area contributed by atoms with Crippen molar-refractivity contribution in [2.75, 3.05) is 13.2 Å². The minimum absolute atomic E-state index is 0.243. The van der Waals surface area contributed by atoms with Crippen molar-refractivity contribution in [1.82, 2.24) is 4.90 Å². The quantitative estimate of drug-likeness (QED) is 0.361. The van der Waals surface area contributed by atoms with Gasteiger partial charge in [0, 0.05) is 25.9 Å². The molecule has 0 atom stereocenters. The first kappa shape index (κ1) is 22.3. The van der Waals surface area contributed by atoms with Gasteiger partial charge in [-0.3, -0.25) is 9.59 Å². The molecule has 1 saturated carbocycles. The second-order valence-electron chi connectivity index (χ2n) is 7.79. The number of hydrogen-bond acceptors (Lipinski definition) is 4. The van der Waals surface area contributed by atoms with Crippen molar-refractivity contribution >= 4 is 11.9 Å². The summed E-state index contributed by atoms with van der Waals surface area (Å²) in [6, 6.07) is 2.33. The Labute approximate surface area is 169 Å². The molecule has 0 bridgehead atoms. The number of benzene rings is 1. The lowest BCUT2D eigenvalue weighted by atomic mass is 9.94. The van der Waals surface area contributed by atoms with E-state index in [9.17, 15) is 9.59 Å². The molecular formula is C23H35NO4. The molecule has 2 rings (SSSR count). The van der Waals surface area contributed by atoms with E-state index in [4.69, 9.17) is 9.47 Å². The minimum Gasteiger partial charge on any atom is -0.493 e. The van der Waals surface area contributed by atoms with Crippen molar-refractivity contribution in [2.45, 2.75) is 85.6 Å². The van der Waals surface area contributed by atoms with Crippen LogP contribution in [-0.2, 0) is 9.59 Å². The lowest BCUT2D eigenvalue weighted by Gasteiger charge is -2.33. The Balaban J connectivity index is 1.89. The predicted octanol–water partition coefficient (Wildman–Crippen LogP) is 4.88. The van der Waals surface area contributed by atoms with Gasteiger partial charge in [-0.05, 0) is 69.7 Å². The molecule has 0 N–H and O–H groups in total. The highest BCUT2D eigenvalue weighted by atomic mass is 16.5. The monoisotopic (exact) mass is 389 g/mol. The van der Waals surface area contributed by atoms with Crippen LogP contribution in [0.4, 0.5) is 0 Å². The molecule has 5 heteroatoms. The summed E-state index contributed by atoms with van der Waals surface area (Å²) in [4.78, 5) is 26.0. The first-order valence-electron chi connectivity index (χ1n) is 10.6. The van der Waals surface area contributed by atoms with E-state index in [0.717, 1.165) is 41.8 Å². The van der Waals surface area contributed by atoms with E-state index < -0.39 is 0 Å². The maximum atomic E-state index is 12.6. The highest BCUT2D eigenvalue weighted by Crippen LogP contribution is 2.33. The van der Waals surface area contributed by atoms with Gasteiger partial charge in [0.15, 0.2) is 0 Å². The average Bonchev–Trinajstić information content (AvgIpc) is 2.67. The van der Waals surface area contributed by atoms with Crippen LogP contribution in [0.1, 0.15) is 75.5 Å². The molecule has 0 spiro atoms. The SMILES string of the molecule is CCN(C(=O)CCCOc1cc(C)c(OC(C)=O)c(C)c1C)C1CCCCC1. The molecule has 1 fully saturated rings. The summed E-state index contributed by atoms with van der Waals surface area (Å²) < 4.78 is 11.3. The van der Waals surface area contributed by atoms with Crippen LogP contribution in [0.25, 0.3) is 0 Å². The summed E-state index contributed by atoms with van der Waals surface area (Å²) in [5.41, 5.74) is 2.75. The summed E-state index contributed by atoms with van der Waals surface area (Å²) in [6.45, 7) is 10.6. The maximum Gasteiger partial charge on any atom is 0.308 e. The lowest BCUT2D eigenvalue weighted by Crippen LogP contribution is -2.41. The topological polar surface area (TPSA) is 55.8 Å². The molecular weight excluding hydrogens is 354 g/mol. The maximum absolute atomic E-state index is 12.6. The summed E-state index contributed by atoms with van der Waals surface area (Å²) in [6.07, 6.45) is 7.27. The van der Waals surface area contributed by atoms with Gasteiger partial charge in [-0.25, -0.2) is 0 Å². The lowest BCUT2D eigenvalue weighted by molar-refractivity contribution is -0.134. The molecule has 0 aromatic heterocycles. The number of carbonyl (C=O) groups excluding carboxylic acids is 2. The number of ether oxygens (including phenoxy) is 2. The molecule has 0 heterocycles. The molecule has 1 aliphatic carbocycles. The number of aryl methyl sites for hydroxylation is 1. The van der Waals surface area contributed by atoms with Gasteiger partial charge in [-0.15, -0.1) is 0 Å². The van der Waals surface area contributed by atoms with Crippen LogP contribution in [0.3, 0.4) is 0 Å². The molecule has 0 unspecified atom stereocenters. The summed E-state index contributed by atoms with van der Waals surface area (Å²) >= 11 is 0. The average molecular weight is 390 g/mol. The summed E-state index contributed by atoms with van der Waals surface area (Å²) in [5, 5.41) is 0. The van der Waals surface area contributed by atoms with E-state index in [-0.39, 0.29) is 11.9 Å². The Bertz CT molecular complexity index is 692. The van der Waals surface area contributed by atoms with Crippen molar-refractivity contribution in [1.29, 1.82) is 0 Å². The Hall–Kier alpha value is -2.04. The molecule has 1 aliphatic rings. The van der Waals surface area contributed by atoms with E-state index >= 15 is 0 Å². The second-order valence-corrected chi connectivity index (χ2v) is 7.79. The van der Waals surface area contributed by atoms with Crippen LogP contribution in [0, 0.1) is 20.8 Å². The number of amides is 1. The first-order valence-corrected chi connectivity index (χ1v) is 10.6. The Morgan fingerprint density at radius 1 is 1.11 bits per heavy atom. The van der Waals surface area contributed by atoms with Crippen LogP contribution in [0.2, 0.25) is 0 Å².